The lowest BCUT2D eigenvalue weighted by Crippen LogP contribution is -2.17. The fourth-order valence-electron chi connectivity index (χ4n) is 1.81. The van der Waals surface area contributed by atoms with Gasteiger partial charge in [-0.25, -0.2) is 0 Å². The first-order chi connectivity index (χ1) is 8.01. The smallest absolute Gasteiger partial charge is 0.304 e. The molecule has 2 rings (SSSR count). The Hall–Kier alpha value is -1.22. The van der Waals surface area contributed by atoms with Crippen molar-refractivity contribution in [1.82, 2.24) is 0 Å². The van der Waals surface area contributed by atoms with Crippen molar-refractivity contribution < 1.29 is 14.6 Å². The summed E-state index contributed by atoms with van der Waals surface area (Å²) in [4.78, 5) is 10.7. The number of benzene rings is 1. The molecular weight excluding hydrogens is 240 g/mol. The molecule has 1 saturated carbocycles. The second-order valence-electron chi connectivity index (χ2n) is 4.77. The van der Waals surface area contributed by atoms with Gasteiger partial charge < -0.3 is 9.84 Å². The number of hydrogen-bond acceptors (Lipinski definition) is 2. The molecule has 0 unspecified atom stereocenters. The predicted molar refractivity (Wildman–Crippen MR) is 65.6 cm³/mol. The summed E-state index contributed by atoms with van der Waals surface area (Å²) in [6, 6.07) is 5.48. The summed E-state index contributed by atoms with van der Waals surface area (Å²) in [5.74, 6) is 0.00181. The van der Waals surface area contributed by atoms with Crippen LogP contribution in [0.4, 0.5) is 0 Å². The van der Waals surface area contributed by atoms with Crippen molar-refractivity contribution in [2.24, 2.45) is 5.41 Å². The van der Waals surface area contributed by atoms with Gasteiger partial charge in [0.1, 0.15) is 5.75 Å². The van der Waals surface area contributed by atoms with Crippen molar-refractivity contribution in [3.05, 3.63) is 28.8 Å². The lowest BCUT2D eigenvalue weighted by molar-refractivity contribution is -0.138. The van der Waals surface area contributed by atoms with E-state index in [2.05, 4.69) is 0 Å². The second kappa shape index (κ2) is 4.57. The van der Waals surface area contributed by atoms with E-state index in [0.717, 1.165) is 24.2 Å². The largest absolute Gasteiger partial charge is 0.493 e. The van der Waals surface area contributed by atoms with Gasteiger partial charge in [-0.05, 0) is 43.5 Å². The van der Waals surface area contributed by atoms with E-state index >= 15 is 0 Å². The Balaban J connectivity index is 1.94. The first-order valence-electron chi connectivity index (χ1n) is 5.62. The second-order valence-corrected chi connectivity index (χ2v) is 5.18. The molecule has 4 heteroatoms. The highest BCUT2D eigenvalue weighted by Gasteiger charge is 2.45. The number of aliphatic carboxylic acids is 1. The first-order valence-corrected chi connectivity index (χ1v) is 5.99. The highest BCUT2D eigenvalue weighted by molar-refractivity contribution is 6.31. The maximum atomic E-state index is 10.7. The monoisotopic (exact) mass is 254 g/mol. The molecule has 92 valence electrons. The van der Waals surface area contributed by atoms with Crippen LogP contribution in [0.3, 0.4) is 0 Å². The molecule has 0 radical (unpaired) electrons. The Morgan fingerprint density at radius 3 is 2.76 bits per heavy atom. The van der Waals surface area contributed by atoms with Crippen LogP contribution in [0.1, 0.15) is 24.8 Å². The molecule has 1 aromatic rings. The summed E-state index contributed by atoms with van der Waals surface area (Å²) in [5, 5.41) is 9.51. The van der Waals surface area contributed by atoms with Gasteiger partial charge in [-0.15, -0.1) is 0 Å². The molecule has 0 spiro atoms. The Kier molecular flexibility index (Phi) is 3.29. The van der Waals surface area contributed by atoms with Crippen molar-refractivity contribution in [3.8, 4) is 5.75 Å². The molecule has 1 fully saturated rings. The molecule has 3 nitrogen and oxygen atoms in total. The van der Waals surface area contributed by atoms with E-state index in [4.69, 9.17) is 21.4 Å². The lowest BCUT2D eigenvalue weighted by Gasteiger charge is -2.14. The molecule has 0 bridgehead atoms. The molecule has 0 atom stereocenters. The van der Waals surface area contributed by atoms with E-state index in [1.165, 1.54) is 0 Å². The molecule has 0 amide bonds. The van der Waals surface area contributed by atoms with Crippen molar-refractivity contribution in [2.45, 2.75) is 26.2 Å². The predicted octanol–water partition coefficient (Wildman–Crippen LogP) is 3.28. The molecule has 1 aromatic carbocycles. The van der Waals surface area contributed by atoms with E-state index in [9.17, 15) is 4.79 Å². The lowest BCUT2D eigenvalue weighted by atomic mass is 10.0. The van der Waals surface area contributed by atoms with E-state index in [1.807, 2.05) is 19.1 Å². The number of aryl methyl sites for hydroxylation is 1. The zero-order chi connectivity index (χ0) is 12.5. The minimum atomic E-state index is -0.751. The summed E-state index contributed by atoms with van der Waals surface area (Å²) in [5.41, 5.74) is 0.826. The highest BCUT2D eigenvalue weighted by atomic mass is 35.5. The SMILES string of the molecule is Cc1cc(OCC2(CC(=O)O)CC2)ccc1Cl. The number of halogens is 1. The fraction of sp³-hybridized carbons (Fsp3) is 0.462. The Labute approximate surface area is 105 Å². The molecule has 1 aliphatic rings. The van der Waals surface area contributed by atoms with Crippen LogP contribution in [0, 0.1) is 12.3 Å². The van der Waals surface area contributed by atoms with Gasteiger partial charge in [-0.3, -0.25) is 4.79 Å². The maximum absolute atomic E-state index is 10.7. The summed E-state index contributed by atoms with van der Waals surface area (Å²) in [7, 11) is 0. The number of ether oxygens (including phenoxy) is 1. The third-order valence-corrected chi connectivity index (χ3v) is 3.58. The number of hydrogen-bond donors (Lipinski definition) is 1. The summed E-state index contributed by atoms with van der Waals surface area (Å²) >= 11 is 5.92. The number of rotatable bonds is 5. The van der Waals surface area contributed by atoms with E-state index in [0.29, 0.717) is 11.6 Å². The van der Waals surface area contributed by atoms with Crippen LogP contribution in [-0.2, 0) is 4.79 Å². The van der Waals surface area contributed by atoms with Crippen LogP contribution in [0.5, 0.6) is 5.75 Å². The molecule has 0 aromatic heterocycles. The van der Waals surface area contributed by atoms with Gasteiger partial charge in [-0.1, -0.05) is 11.6 Å². The highest BCUT2D eigenvalue weighted by Crippen LogP contribution is 2.49. The molecule has 0 heterocycles. The van der Waals surface area contributed by atoms with Gasteiger partial charge in [0.25, 0.3) is 0 Å². The van der Waals surface area contributed by atoms with Crippen LogP contribution in [0.15, 0.2) is 18.2 Å². The Bertz CT molecular complexity index is 438. The minimum Gasteiger partial charge on any atom is -0.493 e. The van der Waals surface area contributed by atoms with Crippen LogP contribution >= 0.6 is 11.6 Å². The van der Waals surface area contributed by atoms with Crippen LogP contribution in [0.25, 0.3) is 0 Å². The third-order valence-electron chi connectivity index (χ3n) is 3.16. The average Bonchev–Trinajstić information content (AvgIpc) is 2.99. The van der Waals surface area contributed by atoms with Crippen molar-refractivity contribution in [2.75, 3.05) is 6.61 Å². The number of carboxylic acid groups (broad SMARTS) is 1. The van der Waals surface area contributed by atoms with Crippen LogP contribution in [0.2, 0.25) is 5.02 Å². The van der Waals surface area contributed by atoms with Crippen LogP contribution < -0.4 is 4.74 Å². The zero-order valence-corrected chi connectivity index (χ0v) is 10.5. The Morgan fingerprint density at radius 1 is 1.53 bits per heavy atom. The molecule has 0 saturated heterocycles. The normalized spacial score (nSPS) is 16.6. The molecule has 0 aliphatic heterocycles. The fourth-order valence-corrected chi connectivity index (χ4v) is 1.93. The van der Waals surface area contributed by atoms with Crippen molar-refractivity contribution in [1.29, 1.82) is 0 Å². The van der Waals surface area contributed by atoms with Crippen molar-refractivity contribution >= 4 is 17.6 Å². The van der Waals surface area contributed by atoms with Gasteiger partial charge in [0.05, 0.1) is 13.0 Å². The summed E-state index contributed by atoms with van der Waals surface area (Å²) in [6.45, 7) is 2.39. The topological polar surface area (TPSA) is 46.5 Å². The minimum absolute atomic E-state index is 0.140. The number of carboxylic acids is 1. The zero-order valence-electron chi connectivity index (χ0n) is 9.70. The van der Waals surface area contributed by atoms with Gasteiger partial charge >= 0.3 is 5.97 Å². The van der Waals surface area contributed by atoms with Gasteiger partial charge in [0, 0.05) is 10.4 Å². The third kappa shape index (κ3) is 3.13. The molecular formula is C13H15ClO3. The standard InChI is InChI=1S/C13H15ClO3/c1-9-6-10(2-3-11(9)14)17-8-13(4-5-13)7-12(15)16/h2-3,6H,4-5,7-8H2,1H3,(H,15,16). The van der Waals surface area contributed by atoms with E-state index < -0.39 is 5.97 Å². The average molecular weight is 255 g/mol. The van der Waals surface area contributed by atoms with Crippen LogP contribution in [-0.4, -0.2) is 17.7 Å². The van der Waals surface area contributed by atoms with Gasteiger partial charge in [-0.2, -0.15) is 0 Å². The first kappa shape index (κ1) is 12.2. The summed E-state index contributed by atoms with van der Waals surface area (Å²) in [6.07, 6.45) is 2.07. The van der Waals surface area contributed by atoms with E-state index in [1.54, 1.807) is 6.07 Å². The van der Waals surface area contributed by atoms with Crippen molar-refractivity contribution in [3.63, 3.8) is 0 Å². The molecule has 17 heavy (non-hydrogen) atoms. The summed E-state index contributed by atoms with van der Waals surface area (Å²) < 4.78 is 5.65. The quantitative estimate of drug-likeness (QED) is 0.877. The van der Waals surface area contributed by atoms with E-state index in [-0.39, 0.29) is 11.8 Å². The number of carbonyl (C=O) groups is 1. The molecule has 1 aliphatic carbocycles. The maximum Gasteiger partial charge on any atom is 0.304 e. The van der Waals surface area contributed by atoms with Gasteiger partial charge in [0.15, 0.2) is 0 Å². The molecule has 1 N–H and O–H groups in total. The Morgan fingerprint density at radius 2 is 2.24 bits per heavy atom. The van der Waals surface area contributed by atoms with Gasteiger partial charge in [0.2, 0.25) is 0 Å².